The lowest BCUT2D eigenvalue weighted by Gasteiger charge is -2.05. The lowest BCUT2D eigenvalue weighted by Crippen LogP contribution is -2.24. The van der Waals surface area contributed by atoms with Crippen LogP contribution in [0.1, 0.15) is 16.1 Å². The SMILES string of the molecule is O=C(O)Cn1cc(CNC(=O)c2ccc(F)cc2I)nn1. The summed E-state index contributed by atoms with van der Waals surface area (Å²) in [5, 5.41) is 18.6. The molecule has 0 atom stereocenters. The van der Waals surface area contributed by atoms with E-state index < -0.39 is 11.8 Å². The van der Waals surface area contributed by atoms with Crippen molar-refractivity contribution >= 4 is 34.5 Å². The number of carbonyl (C=O) groups is 2. The highest BCUT2D eigenvalue weighted by atomic mass is 127. The number of carboxylic acid groups (broad SMARTS) is 1. The van der Waals surface area contributed by atoms with Crippen LogP contribution >= 0.6 is 22.6 Å². The molecule has 2 aromatic rings. The van der Waals surface area contributed by atoms with Gasteiger partial charge in [-0.1, -0.05) is 5.21 Å². The van der Waals surface area contributed by atoms with Gasteiger partial charge in [0.15, 0.2) is 0 Å². The Labute approximate surface area is 132 Å². The highest BCUT2D eigenvalue weighted by Gasteiger charge is 2.11. The molecule has 0 radical (unpaired) electrons. The van der Waals surface area contributed by atoms with Crippen molar-refractivity contribution in [2.75, 3.05) is 0 Å². The number of halogens is 2. The summed E-state index contributed by atoms with van der Waals surface area (Å²) < 4.78 is 14.6. The fraction of sp³-hybridized carbons (Fsp3) is 0.167. The van der Waals surface area contributed by atoms with Gasteiger partial charge in [-0.25, -0.2) is 9.07 Å². The van der Waals surface area contributed by atoms with E-state index in [1.165, 1.54) is 24.4 Å². The quantitative estimate of drug-likeness (QED) is 0.726. The minimum absolute atomic E-state index is 0.103. The van der Waals surface area contributed by atoms with Gasteiger partial charge < -0.3 is 10.4 Å². The normalized spacial score (nSPS) is 10.4. The predicted octanol–water partition coefficient (Wildman–Crippen LogP) is 1.04. The van der Waals surface area contributed by atoms with Crippen molar-refractivity contribution in [3.05, 3.63) is 45.0 Å². The van der Waals surface area contributed by atoms with Crippen LogP contribution < -0.4 is 5.32 Å². The van der Waals surface area contributed by atoms with Crippen LogP contribution in [0.25, 0.3) is 0 Å². The lowest BCUT2D eigenvalue weighted by molar-refractivity contribution is -0.137. The molecule has 2 N–H and O–H groups in total. The molecule has 0 spiro atoms. The van der Waals surface area contributed by atoms with Crippen molar-refractivity contribution < 1.29 is 19.1 Å². The standard InChI is InChI=1S/C12H10FIN4O3/c13-7-1-2-9(10(14)3-7)12(21)15-4-8-5-18(17-16-8)6-11(19)20/h1-3,5H,4,6H2,(H,15,21)(H,19,20). The topological polar surface area (TPSA) is 97.1 Å². The molecule has 0 unspecified atom stereocenters. The van der Waals surface area contributed by atoms with Crippen molar-refractivity contribution in [2.24, 2.45) is 0 Å². The summed E-state index contributed by atoms with van der Waals surface area (Å²) in [5.74, 6) is -1.81. The van der Waals surface area contributed by atoms with E-state index in [0.717, 1.165) is 4.68 Å². The molecule has 2 rings (SSSR count). The minimum Gasteiger partial charge on any atom is -0.480 e. The molecular weight excluding hydrogens is 394 g/mol. The first kappa shape index (κ1) is 15.4. The average Bonchev–Trinajstić information content (AvgIpc) is 2.82. The molecule has 0 saturated heterocycles. The van der Waals surface area contributed by atoms with Gasteiger partial charge in [-0.05, 0) is 40.8 Å². The molecule has 9 heteroatoms. The van der Waals surface area contributed by atoms with Crippen molar-refractivity contribution in [3.63, 3.8) is 0 Å². The molecule has 7 nitrogen and oxygen atoms in total. The Hall–Kier alpha value is -2.04. The number of aliphatic carboxylic acids is 1. The van der Waals surface area contributed by atoms with Gasteiger partial charge in [-0.2, -0.15) is 0 Å². The van der Waals surface area contributed by atoms with Crippen LogP contribution in [0, 0.1) is 9.39 Å². The molecular formula is C12H10FIN4O3. The second-order valence-corrected chi connectivity index (χ2v) is 5.27. The van der Waals surface area contributed by atoms with E-state index >= 15 is 0 Å². The zero-order valence-corrected chi connectivity index (χ0v) is 12.7. The molecule has 21 heavy (non-hydrogen) atoms. The number of rotatable bonds is 5. The molecule has 1 aromatic heterocycles. The Bertz CT molecular complexity index is 689. The van der Waals surface area contributed by atoms with Gasteiger partial charge in [0.25, 0.3) is 5.91 Å². The van der Waals surface area contributed by atoms with Crippen molar-refractivity contribution in [1.82, 2.24) is 20.3 Å². The van der Waals surface area contributed by atoms with E-state index in [1.807, 2.05) is 22.6 Å². The summed E-state index contributed by atoms with van der Waals surface area (Å²) in [4.78, 5) is 22.5. The number of hydrogen-bond donors (Lipinski definition) is 2. The van der Waals surface area contributed by atoms with E-state index in [1.54, 1.807) is 0 Å². The van der Waals surface area contributed by atoms with Gasteiger partial charge in [0.2, 0.25) is 0 Å². The van der Waals surface area contributed by atoms with Crippen LogP contribution in [0.15, 0.2) is 24.4 Å². The summed E-state index contributed by atoms with van der Waals surface area (Å²) in [7, 11) is 0. The Morgan fingerprint density at radius 2 is 2.19 bits per heavy atom. The molecule has 1 amide bonds. The second-order valence-electron chi connectivity index (χ2n) is 4.11. The number of amides is 1. The van der Waals surface area contributed by atoms with Gasteiger partial charge in [-0.3, -0.25) is 9.59 Å². The maximum absolute atomic E-state index is 13.0. The number of benzene rings is 1. The third-order valence-corrected chi connectivity index (χ3v) is 3.38. The van der Waals surface area contributed by atoms with Crippen molar-refractivity contribution in [1.29, 1.82) is 0 Å². The smallest absolute Gasteiger partial charge is 0.325 e. The monoisotopic (exact) mass is 404 g/mol. The molecule has 0 saturated carbocycles. The van der Waals surface area contributed by atoms with Crippen LogP contribution in [0.3, 0.4) is 0 Å². The maximum Gasteiger partial charge on any atom is 0.325 e. The van der Waals surface area contributed by atoms with Crippen molar-refractivity contribution in [2.45, 2.75) is 13.1 Å². The number of hydrogen-bond acceptors (Lipinski definition) is 4. The summed E-state index contributed by atoms with van der Waals surface area (Å²) >= 11 is 1.87. The van der Waals surface area contributed by atoms with E-state index in [4.69, 9.17) is 5.11 Å². The Morgan fingerprint density at radius 1 is 1.43 bits per heavy atom. The minimum atomic E-state index is -1.03. The number of carboxylic acids is 1. The third kappa shape index (κ3) is 4.21. The Morgan fingerprint density at radius 3 is 2.86 bits per heavy atom. The fourth-order valence-electron chi connectivity index (χ4n) is 1.58. The van der Waals surface area contributed by atoms with Crippen molar-refractivity contribution in [3.8, 4) is 0 Å². The van der Waals surface area contributed by atoms with E-state index in [0.29, 0.717) is 14.8 Å². The summed E-state index contributed by atoms with van der Waals surface area (Å²) in [6, 6.07) is 3.87. The van der Waals surface area contributed by atoms with Crippen LogP contribution in [0.2, 0.25) is 0 Å². The Balaban J connectivity index is 1.97. The number of carbonyl (C=O) groups excluding carboxylic acids is 1. The second kappa shape index (κ2) is 6.61. The molecule has 1 heterocycles. The maximum atomic E-state index is 13.0. The first-order valence-electron chi connectivity index (χ1n) is 5.80. The zero-order chi connectivity index (χ0) is 15.4. The molecule has 110 valence electrons. The molecule has 0 aliphatic heterocycles. The zero-order valence-electron chi connectivity index (χ0n) is 10.6. The average molecular weight is 404 g/mol. The van der Waals surface area contributed by atoms with Crippen LogP contribution in [0.5, 0.6) is 0 Å². The highest BCUT2D eigenvalue weighted by Crippen LogP contribution is 2.13. The van der Waals surface area contributed by atoms with E-state index in [-0.39, 0.29) is 19.0 Å². The van der Waals surface area contributed by atoms with Crippen LogP contribution in [-0.4, -0.2) is 32.0 Å². The van der Waals surface area contributed by atoms with E-state index in [2.05, 4.69) is 15.6 Å². The predicted molar refractivity (Wildman–Crippen MR) is 77.9 cm³/mol. The summed E-state index contributed by atoms with van der Waals surface area (Å²) in [6.45, 7) is -0.192. The Kier molecular flexibility index (Phi) is 4.83. The van der Waals surface area contributed by atoms with E-state index in [9.17, 15) is 14.0 Å². The first-order valence-corrected chi connectivity index (χ1v) is 6.87. The van der Waals surface area contributed by atoms with Gasteiger partial charge in [-0.15, -0.1) is 5.10 Å². The third-order valence-electron chi connectivity index (χ3n) is 2.49. The number of nitrogens with zero attached hydrogens (tertiary/aromatic N) is 3. The fourth-order valence-corrected chi connectivity index (χ4v) is 2.30. The molecule has 1 aromatic carbocycles. The first-order chi connectivity index (χ1) is 9.95. The molecule has 0 aliphatic rings. The summed E-state index contributed by atoms with van der Waals surface area (Å²) in [5.41, 5.74) is 0.789. The van der Waals surface area contributed by atoms with Crippen LogP contribution in [0.4, 0.5) is 4.39 Å². The van der Waals surface area contributed by atoms with Gasteiger partial charge >= 0.3 is 5.97 Å². The molecule has 0 aliphatic carbocycles. The van der Waals surface area contributed by atoms with Crippen LogP contribution in [-0.2, 0) is 17.9 Å². The highest BCUT2D eigenvalue weighted by molar-refractivity contribution is 14.1. The lowest BCUT2D eigenvalue weighted by atomic mass is 10.2. The number of nitrogens with one attached hydrogen (secondary N) is 1. The summed E-state index contributed by atoms with van der Waals surface area (Å²) in [6.07, 6.45) is 1.43. The molecule has 0 bridgehead atoms. The van der Waals surface area contributed by atoms with Gasteiger partial charge in [0.1, 0.15) is 18.1 Å². The van der Waals surface area contributed by atoms with Gasteiger partial charge in [0.05, 0.1) is 18.3 Å². The largest absolute Gasteiger partial charge is 0.480 e. The number of aromatic nitrogens is 3. The van der Waals surface area contributed by atoms with Gasteiger partial charge in [0, 0.05) is 3.57 Å². The molecule has 0 fully saturated rings.